The van der Waals surface area contributed by atoms with Gasteiger partial charge in [-0.2, -0.15) is 0 Å². The second-order valence-electron chi connectivity index (χ2n) is 6.22. The van der Waals surface area contributed by atoms with E-state index in [9.17, 15) is 9.59 Å². The van der Waals surface area contributed by atoms with Crippen LogP contribution in [0.3, 0.4) is 0 Å². The molecule has 26 heavy (non-hydrogen) atoms. The van der Waals surface area contributed by atoms with E-state index >= 15 is 0 Å². The van der Waals surface area contributed by atoms with Gasteiger partial charge in [-0.05, 0) is 75.2 Å². The van der Waals surface area contributed by atoms with Gasteiger partial charge in [-0.1, -0.05) is 6.07 Å². The Morgan fingerprint density at radius 1 is 0.962 bits per heavy atom. The maximum absolute atomic E-state index is 12.1. The smallest absolute Gasteiger partial charge is 0.338 e. The minimum atomic E-state index is -0.508. The lowest BCUT2D eigenvalue weighted by Gasteiger charge is -2.20. The molecule has 5 nitrogen and oxygen atoms in total. The summed E-state index contributed by atoms with van der Waals surface area (Å²) in [5.41, 5.74) is 4.31. The number of rotatable bonds is 7. The summed E-state index contributed by atoms with van der Waals surface area (Å²) < 4.78 is 5.11. The van der Waals surface area contributed by atoms with E-state index < -0.39 is 5.97 Å². The lowest BCUT2D eigenvalue weighted by molar-refractivity contribution is -0.119. The highest BCUT2D eigenvalue weighted by Crippen LogP contribution is 2.16. The van der Waals surface area contributed by atoms with Crippen LogP contribution in [0, 0.1) is 13.8 Å². The maximum Gasteiger partial charge on any atom is 0.338 e. The van der Waals surface area contributed by atoms with Gasteiger partial charge in [-0.25, -0.2) is 4.79 Å². The van der Waals surface area contributed by atoms with Gasteiger partial charge in [0.2, 0.25) is 0 Å². The van der Waals surface area contributed by atoms with E-state index in [4.69, 9.17) is 4.74 Å². The summed E-state index contributed by atoms with van der Waals surface area (Å²) in [6.45, 7) is 9.58. The number of carbonyl (C=O) groups excluding carboxylic acids is 2. The van der Waals surface area contributed by atoms with Crippen LogP contribution in [0.25, 0.3) is 0 Å². The first-order valence-corrected chi connectivity index (χ1v) is 8.83. The van der Waals surface area contributed by atoms with Gasteiger partial charge in [0.1, 0.15) is 0 Å². The summed E-state index contributed by atoms with van der Waals surface area (Å²) in [7, 11) is 0. The fourth-order valence-electron chi connectivity index (χ4n) is 2.86. The van der Waals surface area contributed by atoms with Crippen LogP contribution in [-0.4, -0.2) is 31.6 Å². The van der Waals surface area contributed by atoms with E-state index in [-0.39, 0.29) is 12.5 Å². The van der Waals surface area contributed by atoms with Gasteiger partial charge in [0, 0.05) is 24.5 Å². The third-order valence-corrected chi connectivity index (χ3v) is 4.07. The first-order valence-electron chi connectivity index (χ1n) is 8.83. The molecular formula is C21H26N2O3. The number of anilines is 2. The van der Waals surface area contributed by atoms with E-state index in [1.165, 1.54) is 0 Å². The number of carbonyl (C=O) groups is 2. The van der Waals surface area contributed by atoms with Crippen LogP contribution in [-0.2, 0) is 9.53 Å². The molecule has 0 heterocycles. The van der Waals surface area contributed by atoms with Crippen molar-refractivity contribution >= 4 is 23.3 Å². The summed E-state index contributed by atoms with van der Waals surface area (Å²) in [6.07, 6.45) is 0. The van der Waals surface area contributed by atoms with Gasteiger partial charge in [0.25, 0.3) is 5.91 Å². The number of nitrogens with zero attached hydrogens (tertiary/aromatic N) is 1. The summed E-state index contributed by atoms with van der Waals surface area (Å²) in [6, 6.07) is 13.0. The highest BCUT2D eigenvalue weighted by Gasteiger charge is 2.11. The van der Waals surface area contributed by atoms with Gasteiger partial charge < -0.3 is 15.0 Å². The molecule has 0 spiro atoms. The topological polar surface area (TPSA) is 58.6 Å². The molecule has 0 radical (unpaired) electrons. The van der Waals surface area contributed by atoms with Gasteiger partial charge >= 0.3 is 5.97 Å². The second kappa shape index (κ2) is 9.04. The fraction of sp³-hybridized carbons (Fsp3) is 0.333. The largest absolute Gasteiger partial charge is 0.452 e. The van der Waals surface area contributed by atoms with Gasteiger partial charge in [0.15, 0.2) is 6.61 Å². The van der Waals surface area contributed by atoms with Crippen LogP contribution >= 0.6 is 0 Å². The van der Waals surface area contributed by atoms with Crippen molar-refractivity contribution in [3.8, 4) is 0 Å². The lowest BCUT2D eigenvalue weighted by atomic mass is 10.1. The van der Waals surface area contributed by atoms with E-state index in [0.717, 1.165) is 29.9 Å². The summed E-state index contributed by atoms with van der Waals surface area (Å²) >= 11 is 0. The fourth-order valence-corrected chi connectivity index (χ4v) is 2.86. The van der Waals surface area contributed by atoms with Crippen LogP contribution in [0.15, 0.2) is 42.5 Å². The van der Waals surface area contributed by atoms with Crippen LogP contribution in [0.1, 0.15) is 35.3 Å². The molecule has 0 saturated carbocycles. The Balaban J connectivity index is 1.90. The Labute approximate surface area is 155 Å². The number of hydrogen-bond donors (Lipinski definition) is 1. The van der Waals surface area contributed by atoms with Crippen molar-refractivity contribution in [2.75, 3.05) is 29.9 Å². The Bertz CT molecular complexity index is 745. The standard InChI is InChI=1S/C21H26N2O3/c1-5-23(6-2)19-9-7-17(8-10-19)21(25)26-14-20(24)22-18-12-15(3)11-16(4)13-18/h7-13H,5-6,14H2,1-4H3,(H,22,24). The molecule has 0 aliphatic rings. The predicted molar refractivity (Wildman–Crippen MR) is 105 cm³/mol. The van der Waals surface area contributed by atoms with Crippen LogP contribution < -0.4 is 10.2 Å². The Morgan fingerprint density at radius 3 is 2.08 bits per heavy atom. The SMILES string of the molecule is CCN(CC)c1ccc(C(=O)OCC(=O)Nc2cc(C)cc(C)c2)cc1. The molecule has 1 N–H and O–H groups in total. The molecule has 2 aromatic carbocycles. The average Bonchev–Trinajstić information content (AvgIpc) is 2.60. The van der Waals surface area contributed by atoms with Gasteiger partial charge in [-0.3, -0.25) is 4.79 Å². The van der Waals surface area contributed by atoms with E-state index in [1.807, 2.05) is 44.2 Å². The van der Waals surface area contributed by atoms with Crippen molar-refractivity contribution in [3.63, 3.8) is 0 Å². The number of ether oxygens (including phenoxy) is 1. The highest BCUT2D eigenvalue weighted by molar-refractivity contribution is 5.95. The average molecular weight is 354 g/mol. The first-order chi connectivity index (χ1) is 12.4. The van der Waals surface area contributed by atoms with Gasteiger partial charge in [0.05, 0.1) is 5.56 Å². The summed E-state index contributed by atoms with van der Waals surface area (Å²) in [4.78, 5) is 26.3. The van der Waals surface area contributed by atoms with Crippen molar-refractivity contribution < 1.29 is 14.3 Å². The maximum atomic E-state index is 12.1. The number of nitrogens with one attached hydrogen (secondary N) is 1. The third kappa shape index (κ3) is 5.34. The van der Waals surface area contributed by atoms with Crippen molar-refractivity contribution in [2.45, 2.75) is 27.7 Å². The van der Waals surface area contributed by atoms with E-state index in [1.54, 1.807) is 12.1 Å². The minimum absolute atomic E-state index is 0.316. The molecule has 0 aliphatic heterocycles. The summed E-state index contributed by atoms with van der Waals surface area (Å²) in [5, 5.41) is 2.75. The minimum Gasteiger partial charge on any atom is -0.452 e. The normalized spacial score (nSPS) is 10.3. The molecule has 0 unspecified atom stereocenters. The summed E-state index contributed by atoms with van der Waals surface area (Å²) in [5.74, 6) is -0.866. The molecule has 1 amide bonds. The number of benzene rings is 2. The Hall–Kier alpha value is -2.82. The first kappa shape index (κ1) is 19.5. The van der Waals surface area contributed by atoms with Crippen molar-refractivity contribution in [1.82, 2.24) is 0 Å². The van der Waals surface area contributed by atoms with Crippen molar-refractivity contribution in [1.29, 1.82) is 0 Å². The molecule has 0 atom stereocenters. The number of amides is 1. The van der Waals surface area contributed by atoms with Crippen LogP contribution in [0.2, 0.25) is 0 Å². The zero-order chi connectivity index (χ0) is 19.1. The molecule has 2 aromatic rings. The second-order valence-corrected chi connectivity index (χ2v) is 6.22. The zero-order valence-electron chi connectivity index (χ0n) is 15.8. The highest BCUT2D eigenvalue weighted by atomic mass is 16.5. The molecule has 0 aromatic heterocycles. The lowest BCUT2D eigenvalue weighted by Crippen LogP contribution is -2.22. The number of aryl methyl sites for hydroxylation is 2. The van der Waals surface area contributed by atoms with Gasteiger partial charge in [-0.15, -0.1) is 0 Å². The van der Waals surface area contributed by atoms with Crippen molar-refractivity contribution in [2.24, 2.45) is 0 Å². The van der Waals surface area contributed by atoms with Crippen LogP contribution in [0.4, 0.5) is 11.4 Å². The predicted octanol–water partition coefficient (Wildman–Crippen LogP) is 3.95. The molecule has 2 rings (SSSR count). The molecule has 138 valence electrons. The Kier molecular flexibility index (Phi) is 6.78. The Morgan fingerprint density at radius 2 is 1.54 bits per heavy atom. The monoisotopic (exact) mass is 354 g/mol. The van der Waals surface area contributed by atoms with E-state index in [2.05, 4.69) is 24.1 Å². The third-order valence-electron chi connectivity index (χ3n) is 4.07. The molecule has 5 heteroatoms. The van der Waals surface area contributed by atoms with Crippen LogP contribution in [0.5, 0.6) is 0 Å². The van der Waals surface area contributed by atoms with E-state index in [0.29, 0.717) is 11.3 Å². The number of hydrogen-bond acceptors (Lipinski definition) is 4. The molecule has 0 fully saturated rings. The molecular weight excluding hydrogens is 328 g/mol. The van der Waals surface area contributed by atoms with Crippen molar-refractivity contribution in [3.05, 3.63) is 59.2 Å². The quantitative estimate of drug-likeness (QED) is 0.765. The zero-order valence-corrected chi connectivity index (χ0v) is 15.8. The molecule has 0 aliphatic carbocycles. The molecule has 0 saturated heterocycles. The number of esters is 1. The molecule has 0 bridgehead atoms.